The van der Waals surface area contributed by atoms with E-state index in [2.05, 4.69) is 30.9 Å². The van der Waals surface area contributed by atoms with E-state index in [-0.39, 0.29) is 18.3 Å². The minimum absolute atomic E-state index is 0.0927. The molecule has 5 heteroatoms. The molecule has 2 unspecified atom stereocenters. The molecule has 0 aliphatic heterocycles. The first-order valence-corrected chi connectivity index (χ1v) is 11.7. The smallest absolute Gasteiger partial charge is 0.168 e. The first-order valence-electron chi connectivity index (χ1n) is 10.9. The largest absolute Gasteiger partial charge is 0.497 e. The molecule has 0 spiro atoms. The normalized spacial score (nSPS) is 17.0. The van der Waals surface area contributed by atoms with Crippen molar-refractivity contribution in [2.75, 3.05) is 7.11 Å². The third-order valence-corrected chi connectivity index (χ3v) is 6.85. The van der Waals surface area contributed by atoms with Crippen molar-refractivity contribution in [2.45, 2.75) is 31.6 Å². The Bertz CT molecular complexity index is 1100. The van der Waals surface area contributed by atoms with Crippen LogP contribution in [0.5, 0.6) is 5.75 Å². The summed E-state index contributed by atoms with van der Waals surface area (Å²) in [6.45, 7) is 3.79. The highest BCUT2D eigenvalue weighted by molar-refractivity contribution is 6.36. The van der Waals surface area contributed by atoms with E-state index < -0.39 is 5.41 Å². The van der Waals surface area contributed by atoms with Crippen molar-refractivity contribution in [3.63, 3.8) is 0 Å². The molecule has 0 bridgehead atoms. The lowest BCUT2D eigenvalue weighted by Gasteiger charge is -2.36. The van der Waals surface area contributed by atoms with Crippen molar-refractivity contribution < 1.29 is 4.74 Å². The van der Waals surface area contributed by atoms with Crippen molar-refractivity contribution >= 4 is 29.3 Å². The van der Waals surface area contributed by atoms with Crippen LogP contribution in [0.1, 0.15) is 42.7 Å². The molecular formula is C28H26Cl2N2O. The predicted octanol–water partition coefficient (Wildman–Crippen LogP) is 8.14. The van der Waals surface area contributed by atoms with Gasteiger partial charge in [-0.3, -0.25) is 0 Å². The van der Waals surface area contributed by atoms with Gasteiger partial charge in [0.1, 0.15) is 5.75 Å². The third-order valence-electron chi connectivity index (χ3n) is 6.19. The average molecular weight is 477 g/mol. The number of rotatable bonds is 8. The highest BCUT2D eigenvalue weighted by atomic mass is 35.5. The van der Waals surface area contributed by atoms with Gasteiger partial charge in [-0.15, -0.1) is 6.58 Å². The van der Waals surface area contributed by atoms with Crippen molar-refractivity contribution in [1.82, 2.24) is 0 Å². The second-order valence-corrected chi connectivity index (χ2v) is 8.93. The van der Waals surface area contributed by atoms with Crippen molar-refractivity contribution in [3.8, 4) is 17.9 Å². The number of allylic oxidation sites excluding steroid dienone is 4. The van der Waals surface area contributed by atoms with E-state index in [1.54, 1.807) is 13.2 Å². The summed E-state index contributed by atoms with van der Waals surface area (Å²) in [6, 6.07) is 17.8. The van der Waals surface area contributed by atoms with E-state index in [9.17, 15) is 10.5 Å². The van der Waals surface area contributed by atoms with Crippen LogP contribution in [0.4, 0.5) is 0 Å². The molecule has 3 nitrogen and oxygen atoms in total. The maximum Gasteiger partial charge on any atom is 0.168 e. The number of hydrogen-bond donors (Lipinski definition) is 0. The number of methoxy groups -OCH3 is 1. The zero-order valence-electron chi connectivity index (χ0n) is 18.6. The van der Waals surface area contributed by atoms with E-state index in [0.717, 1.165) is 41.7 Å². The summed E-state index contributed by atoms with van der Waals surface area (Å²) in [5.41, 5.74) is 1.39. The summed E-state index contributed by atoms with van der Waals surface area (Å²) in [5.74, 6) is 0.489. The van der Waals surface area contributed by atoms with Crippen molar-refractivity contribution in [1.29, 1.82) is 10.5 Å². The molecule has 1 aliphatic rings. The van der Waals surface area contributed by atoms with E-state index in [0.29, 0.717) is 10.0 Å². The van der Waals surface area contributed by atoms with Gasteiger partial charge < -0.3 is 4.74 Å². The van der Waals surface area contributed by atoms with Gasteiger partial charge in [-0.25, -0.2) is 0 Å². The van der Waals surface area contributed by atoms with Gasteiger partial charge in [0.05, 0.1) is 19.2 Å². The quantitative estimate of drug-likeness (QED) is 0.361. The minimum atomic E-state index is -1.26. The molecule has 3 rings (SSSR count). The molecule has 0 heterocycles. The van der Waals surface area contributed by atoms with Crippen molar-refractivity contribution in [3.05, 3.63) is 94.0 Å². The molecule has 2 aromatic carbocycles. The minimum Gasteiger partial charge on any atom is -0.497 e. The van der Waals surface area contributed by atoms with Crippen LogP contribution >= 0.6 is 23.2 Å². The van der Waals surface area contributed by atoms with E-state index >= 15 is 0 Å². The Hall–Kier alpha value is -2.98. The highest BCUT2D eigenvalue weighted by Crippen LogP contribution is 2.49. The molecule has 0 N–H and O–H groups in total. The molecule has 0 saturated carbocycles. The molecule has 168 valence electrons. The van der Waals surface area contributed by atoms with Gasteiger partial charge in [-0.05, 0) is 66.1 Å². The lowest BCUT2D eigenvalue weighted by atomic mass is 9.65. The molecule has 2 aromatic rings. The zero-order valence-corrected chi connectivity index (χ0v) is 20.1. The lowest BCUT2D eigenvalue weighted by Crippen LogP contribution is -2.29. The second kappa shape index (κ2) is 11.2. The van der Waals surface area contributed by atoms with Gasteiger partial charge in [-0.2, -0.15) is 10.5 Å². The van der Waals surface area contributed by atoms with Crippen LogP contribution in [0.2, 0.25) is 10.0 Å². The SMILES string of the molecule is C=CCC(C#N)(C#N)C1=CCCCC1C(/C=C/c1ccc(OC)cc1)c1c(Cl)cccc1Cl. The molecule has 0 saturated heterocycles. The Morgan fingerprint density at radius 2 is 1.82 bits per heavy atom. The molecule has 0 fully saturated rings. The number of benzene rings is 2. The topological polar surface area (TPSA) is 56.8 Å². The van der Waals surface area contributed by atoms with Gasteiger partial charge in [0.2, 0.25) is 0 Å². The van der Waals surface area contributed by atoms with Gasteiger partial charge in [0.25, 0.3) is 0 Å². The average Bonchev–Trinajstić information content (AvgIpc) is 2.85. The lowest BCUT2D eigenvalue weighted by molar-refractivity contribution is 0.406. The van der Waals surface area contributed by atoms with Crippen LogP contribution < -0.4 is 4.74 Å². The van der Waals surface area contributed by atoms with Crippen LogP contribution in [0.25, 0.3) is 6.08 Å². The van der Waals surface area contributed by atoms with Crippen LogP contribution in [0.3, 0.4) is 0 Å². The van der Waals surface area contributed by atoms with E-state index in [4.69, 9.17) is 27.9 Å². The Kier molecular flexibility index (Phi) is 8.40. The molecule has 0 aromatic heterocycles. The molecule has 0 radical (unpaired) electrons. The predicted molar refractivity (Wildman–Crippen MR) is 135 cm³/mol. The summed E-state index contributed by atoms with van der Waals surface area (Å²) in [7, 11) is 1.64. The monoisotopic (exact) mass is 476 g/mol. The fraction of sp³-hybridized carbons (Fsp3) is 0.286. The Morgan fingerprint density at radius 1 is 1.15 bits per heavy atom. The summed E-state index contributed by atoms with van der Waals surface area (Å²) in [4.78, 5) is 0. The molecule has 1 aliphatic carbocycles. The van der Waals surface area contributed by atoms with E-state index in [1.807, 2.05) is 48.5 Å². The number of hydrogen-bond acceptors (Lipinski definition) is 3. The first kappa shape index (κ1) is 24.7. The number of ether oxygens (including phenoxy) is 1. The fourth-order valence-corrected chi connectivity index (χ4v) is 5.19. The summed E-state index contributed by atoms with van der Waals surface area (Å²) in [6.07, 6.45) is 10.7. The summed E-state index contributed by atoms with van der Waals surface area (Å²) >= 11 is 13.3. The summed E-state index contributed by atoms with van der Waals surface area (Å²) in [5, 5.41) is 21.2. The summed E-state index contributed by atoms with van der Waals surface area (Å²) < 4.78 is 5.25. The number of halogens is 2. The first-order chi connectivity index (χ1) is 16.0. The maximum absolute atomic E-state index is 10.1. The van der Waals surface area contributed by atoms with Crippen molar-refractivity contribution in [2.24, 2.45) is 11.3 Å². The Morgan fingerprint density at radius 3 is 2.39 bits per heavy atom. The van der Waals surface area contributed by atoms with Gasteiger partial charge in [-0.1, -0.05) is 65.7 Å². The van der Waals surface area contributed by atoms with Gasteiger partial charge in [0.15, 0.2) is 5.41 Å². The fourth-order valence-electron chi connectivity index (χ4n) is 4.54. The Balaban J connectivity index is 2.13. The maximum atomic E-state index is 10.1. The third kappa shape index (κ3) is 5.33. The molecule has 0 amide bonds. The van der Waals surface area contributed by atoms with Gasteiger partial charge in [0, 0.05) is 22.4 Å². The van der Waals surface area contributed by atoms with Crippen LogP contribution in [-0.4, -0.2) is 7.11 Å². The second-order valence-electron chi connectivity index (χ2n) is 8.11. The van der Waals surface area contributed by atoms with E-state index in [1.165, 1.54) is 0 Å². The van der Waals surface area contributed by atoms with Crippen LogP contribution in [0.15, 0.2) is 72.8 Å². The molecular weight excluding hydrogens is 451 g/mol. The zero-order chi connectivity index (χ0) is 23.8. The standard InChI is InChI=1S/C28H26Cl2N2O/c1-3-17-28(18-31,19-32)24-8-5-4-7-22(24)23(27-25(29)9-6-10-26(27)30)16-13-20-11-14-21(33-2)15-12-20/h3,6,8-16,22-23H,1,4-5,7,17H2,2H3/b16-13+. The van der Waals surface area contributed by atoms with Gasteiger partial charge >= 0.3 is 0 Å². The van der Waals surface area contributed by atoms with Crippen LogP contribution in [-0.2, 0) is 0 Å². The highest BCUT2D eigenvalue weighted by Gasteiger charge is 2.42. The van der Waals surface area contributed by atoms with Crippen LogP contribution in [0, 0.1) is 34.0 Å². The molecule has 33 heavy (non-hydrogen) atoms. The Labute approximate surface area is 206 Å². The number of nitrogens with zero attached hydrogens (tertiary/aromatic N) is 2. The molecule has 2 atom stereocenters. The number of nitriles is 2.